The summed E-state index contributed by atoms with van der Waals surface area (Å²) in [6, 6.07) is 5.01. The highest BCUT2D eigenvalue weighted by molar-refractivity contribution is 9.10. The van der Waals surface area contributed by atoms with E-state index in [1.54, 1.807) is 12.3 Å². The number of rotatable bonds is 6. The first-order chi connectivity index (χ1) is 9.20. The van der Waals surface area contributed by atoms with Crippen molar-refractivity contribution in [3.05, 3.63) is 45.9 Å². The molecule has 0 aliphatic rings. The van der Waals surface area contributed by atoms with Gasteiger partial charge in [0, 0.05) is 4.47 Å². The van der Waals surface area contributed by atoms with Gasteiger partial charge in [0.05, 0.1) is 29.7 Å². The maximum atomic E-state index is 13.8. The van der Waals surface area contributed by atoms with Gasteiger partial charge in [0.1, 0.15) is 5.82 Å². The van der Waals surface area contributed by atoms with Crippen molar-refractivity contribution in [3.8, 4) is 0 Å². The van der Waals surface area contributed by atoms with Gasteiger partial charge in [0.15, 0.2) is 0 Å². The molecule has 0 saturated heterocycles. The van der Waals surface area contributed by atoms with Gasteiger partial charge in [-0.05, 0) is 43.1 Å². The Kier molecular flexibility index (Phi) is 5.42. The Balaban J connectivity index is 2.17. The number of hydrogen-bond acceptors (Lipinski definition) is 4. The molecule has 0 aliphatic carbocycles. The van der Waals surface area contributed by atoms with Crippen LogP contribution in [0, 0.1) is 5.82 Å². The molecule has 2 aromatic rings. The van der Waals surface area contributed by atoms with Crippen molar-refractivity contribution in [2.75, 3.05) is 6.54 Å². The van der Waals surface area contributed by atoms with E-state index in [1.807, 2.05) is 6.07 Å². The first-order valence-electron chi connectivity index (χ1n) is 6.15. The van der Waals surface area contributed by atoms with E-state index in [0.717, 1.165) is 23.1 Å². The van der Waals surface area contributed by atoms with Crippen LogP contribution in [0.2, 0.25) is 0 Å². The Hall–Kier alpha value is -0.850. The van der Waals surface area contributed by atoms with Crippen LogP contribution >= 0.6 is 27.7 Å². The van der Waals surface area contributed by atoms with Crippen molar-refractivity contribution in [1.82, 2.24) is 14.1 Å². The van der Waals surface area contributed by atoms with E-state index in [0.29, 0.717) is 12.0 Å². The Morgan fingerprint density at radius 2 is 2.32 bits per heavy atom. The molecule has 1 aromatic heterocycles. The van der Waals surface area contributed by atoms with Crippen molar-refractivity contribution in [3.63, 3.8) is 0 Å². The van der Waals surface area contributed by atoms with Crippen molar-refractivity contribution in [1.29, 1.82) is 0 Å². The lowest BCUT2D eigenvalue weighted by Crippen LogP contribution is -2.24. The Morgan fingerprint density at radius 1 is 1.47 bits per heavy atom. The molecule has 0 bridgehead atoms. The van der Waals surface area contributed by atoms with Crippen LogP contribution in [-0.4, -0.2) is 15.3 Å². The molecule has 0 amide bonds. The molecule has 0 spiro atoms. The zero-order valence-electron chi connectivity index (χ0n) is 10.6. The lowest BCUT2D eigenvalue weighted by molar-refractivity contribution is 0.506. The first kappa shape index (κ1) is 14.6. The molecular formula is C13H15BrFN3S. The average Bonchev–Trinajstić information content (AvgIpc) is 2.92. The van der Waals surface area contributed by atoms with E-state index in [-0.39, 0.29) is 11.9 Å². The molecule has 2 rings (SSSR count). The van der Waals surface area contributed by atoms with Crippen LogP contribution in [0.3, 0.4) is 0 Å². The van der Waals surface area contributed by atoms with Gasteiger partial charge < -0.3 is 5.32 Å². The molecule has 1 heterocycles. The van der Waals surface area contributed by atoms with E-state index in [4.69, 9.17) is 0 Å². The summed E-state index contributed by atoms with van der Waals surface area (Å²) in [5, 5.41) is 3.39. The quantitative estimate of drug-likeness (QED) is 0.868. The van der Waals surface area contributed by atoms with Gasteiger partial charge in [0.25, 0.3) is 0 Å². The van der Waals surface area contributed by atoms with Gasteiger partial charge in [-0.3, -0.25) is 0 Å². The average molecular weight is 344 g/mol. The normalized spacial score (nSPS) is 12.6. The summed E-state index contributed by atoms with van der Waals surface area (Å²) in [6.07, 6.45) is 3.33. The molecule has 0 fully saturated rings. The van der Waals surface area contributed by atoms with Crippen molar-refractivity contribution >= 4 is 27.7 Å². The van der Waals surface area contributed by atoms with Crippen LogP contribution in [0.25, 0.3) is 0 Å². The third kappa shape index (κ3) is 4.06. The van der Waals surface area contributed by atoms with Crippen LogP contribution in [0.15, 0.2) is 28.9 Å². The van der Waals surface area contributed by atoms with Crippen LogP contribution in [0.4, 0.5) is 4.39 Å². The predicted octanol–water partition coefficient (Wildman–Crippen LogP) is 3.72. The second kappa shape index (κ2) is 7.07. The maximum Gasteiger partial charge on any atom is 0.126 e. The molecule has 1 atom stereocenters. The highest BCUT2D eigenvalue weighted by Crippen LogP contribution is 2.22. The molecule has 19 heavy (non-hydrogen) atoms. The fourth-order valence-electron chi connectivity index (χ4n) is 1.84. The molecule has 0 radical (unpaired) electrons. The number of hydrogen-bond donors (Lipinski definition) is 1. The Labute approximate surface area is 124 Å². The predicted molar refractivity (Wildman–Crippen MR) is 78.7 cm³/mol. The third-order valence-corrected chi connectivity index (χ3v) is 3.79. The maximum absolute atomic E-state index is 13.8. The van der Waals surface area contributed by atoms with E-state index >= 15 is 0 Å². The molecule has 1 aromatic carbocycles. The van der Waals surface area contributed by atoms with Gasteiger partial charge >= 0.3 is 0 Å². The van der Waals surface area contributed by atoms with Crippen LogP contribution in [0.1, 0.15) is 30.6 Å². The van der Waals surface area contributed by atoms with Gasteiger partial charge in [-0.15, -0.1) is 0 Å². The molecule has 1 N–H and O–H groups in total. The highest BCUT2D eigenvalue weighted by atomic mass is 79.9. The number of nitrogens with one attached hydrogen (secondary N) is 1. The lowest BCUT2D eigenvalue weighted by Gasteiger charge is -2.16. The molecule has 0 saturated carbocycles. The zero-order valence-corrected chi connectivity index (χ0v) is 13.0. The molecule has 102 valence electrons. The van der Waals surface area contributed by atoms with E-state index in [9.17, 15) is 4.39 Å². The number of aromatic nitrogens is 2. The molecule has 6 heteroatoms. The standard InChI is InChI=1S/C13H15BrFN3S/c1-2-5-16-12(13-8-17-19-18-13)7-9-6-10(14)3-4-11(9)15/h3-4,6,8,12,16H,2,5,7H2,1H3. The van der Waals surface area contributed by atoms with E-state index in [1.165, 1.54) is 17.8 Å². The fraction of sp³-hybridized carbons (Fsp3) is 0.385. The first-order valence-corrected chi connectivity index (χ1v) is 7.67. The van der Waals surface area contributed by atoms with E-state index in [2.05, 4.69) is 36.9 Å². The summed E-state index contributed by atoms with van der Waals surface area (Å²) >= 11 is 4.55. The van der Waals surface area contributed by atoms with Gasteiger partial charge in [0.2, 0.25) is 0 Å². The SMILES string of the molecule is CCCNC(Cc1cc(Br)ccc1F)c1cnsn1. The highest BCUT2D eigenvalue weighted by Gasteiger charge is 2.16. The number of halogens is 2. The van der Waals surface area contributed by atoms with Crippen molar-refractivity contribution in [2.24, 2.45) is 0 Å². The van der Waals surface area contributed by atoms with E-state index < -0.39 is 0 Å². The molecule has 0 aliphatic heterocycles. The summed E-state index contributed by atoms with van der Waals surface area (Å²) in [5.74, 6) is -0.185. The lowest BCUT2D eigenvalue weighted by atomic mass is 10.0. The Bertz CT molecular complexity index is 519. The van der Waals surface area contributed by atoms with Gasteiger partial charge in [-0.1, -0.05) is 22.9 Å². The second-order valence-electron chi connectivity index (χ2n) is 4.28. The van der Waals surface area contributed by atoms with Gasteiger partial charge in [-0.2, -0.15) is 8.75 Å². The van der Waals surface area contributed by atoms with Crippen LogP contribution < -0.4 is 5.32 Å². The smallest absolute Gasteiger partial charge is 0.126 e. The topological polar surface area (TPSA) is 37.8 Å². The minimum absolute atomic E-state index is 0.00231. The molecule has 3 nitrogen and oxygen atoms in total. The van der Waals surface area contributed by atoms with Crippen molar-refractivity contribution < 1.29 is 4.39 Å². The molecule has 1 unspecified atom stereocenters. The minimum Gasteiger partial charge on any atom is -0.308 e. The second-order valence-corrected chi connectivity index (χ2v) is 5.75. The monoisotopic (exact) mass is 343 g/mol. The summed E-state index contributed by atoms with van der Waals surface area (Å²) in [4.78, 5) is 0. The summed E-state index contributed by atoms with van der Waals surface area (Å²) < 4.78 is 23.0. The number of benzene rings is 1. The summed E-state index contributed by atoms with van der Waals surface area (Å²) in [7, 11) is 0. The fourth-order valence-corrected chi connectivity index (χ4v) is 2.72. The third-order valence-electron chi connectivity index (χ3n) is 2.81. The van der Waals surface area contributed by atoms with Crippen molar-refractivity contribution in [2.45, 2.75) is 25.8 Å². The van der Waals surface area contributed by atoms with Crippen LogP contribution in [-0.2, 0) is 6.42 Å². The largest absolute Gasteiger partial charge is 0.308 e. The zero-order chi connectivity index (χ0) is 13.7. The van der Waals surface area contributed by atoms with Crippen LogP contribution in [0.5, 0.6) is 0 Å². The Morgan fingerprint density at radius 3 is 3.00 bits per heavy atom. The summed E-state index contributed by atoms with van der Waals surface area (Å²) in [6.45, 7) is 2.97. The molecular weight excluding hydrogens is 329 g/mol. The van der Waals surface area contributed by atoms with Gasteiger partial charge in [-0.25, -0.2) is 4.39 Å². The summed E-state index contributed by atoms with van der Waals surface area (Å²) in [5.41, 5.74) is 1.55. The number of nitrogens with zero attached hydrogens (tertiary/aromatic N) is 2. The minimum atomic E-state index is -0.185.